The number of hydrogen-bond acceptors (Lipinski definition) is 3. The second-order valence-corrected chi connectivity index (χ2v) is 3.48. The zero-order valence-corrected chi connectivity index (χ0v) is 9.02. The largest absolute Gasteiger partial charge is 0.439 e. The molecule has 0 bridgehead atoms. The predicted molar refractivity (Wildman–Crippen MR) is 61.2 cm³/mol. The molecule has 0 fully saturated rings. The number of pyridine rings is 1. The molecule has 1 heterocycles. The highest BCUT2D eigenvalue weighted by molar-refractivity contribution is 6.29. The first-order chi connectivity index (χ1) is 7.78. The first kappa shape index (κ1) is 10.6. The molecule has 2 aromatic rings. The van der Waals surface area contributed by atoms with E-state index in [0.717, 1.165) is 0 Å². The Balaban J connectivity index is 2.28. The molecule has 4 heteroatoms. The number of ether oxygens (including phenoxy) is 1. The van der Waals surface area contributed by atoms with Gasteiger partial charge in [-0.15, -0.1) is 0 Å². The van der Waals surface area contributed by atoms with Crippen LogP contribution in [-0.2, 0) is 0 Å². The minimum absolute atomic E-state index is 0.232. The van der Waals surface area contributed by atoms with Gasteiger partial charge in [0.15, 0.2) is 0 Å². The van der Waals surface area contributed by atoms with Crippen LogP contribution in [0.15, 0.2) is 42.5 Å². The summed E-state index contributed by atoms with van der Waals surface area (Å²) < 4.78 is 5.45. The van der Waals surface area contributed by atoms with Gasteiger partial charge in [0.1, 0.15) is 17.2 Å². The van der Waals surface area contributed by atoms with Crippen molar-refractivity contribution in [2.75, 3.05) is 0 Å². The standard InChI is InChI=1S/C12H8ClNO2/c13-11-6-9(8-15)7-12(14-11)16-10-4-2-1-3-5-10/h1-8H. The molecular formula is C12H8ClNO2. The summed E-state index contributed by atoms with van der Waals surface area (Å²) in [4.78, 5) is 14.6. The normalized spacial score (nSPS) is 9.81. The van der Waals surface area contributed by atoms with Crippen LogP contribution in [0.3, 0.4) is 0 Å². The number of rotatable bonds is 3. The van der Waals surface area contributed by atoms with Crippen molar-refractivity contribution in [1.29, 1.82) is 0 Å². The van der Waals surface area contributed by atoms with E-state index in [1.165, 1.54) is 12.1 Å². The van der Waals surface area contributed by atoms with Crippen molar-refractivity contribution in [3.63, 3.8) is 0 Å². The lowest BCUT2D eigenvalue weighted by Gasteiger charge is -2.04. The molecule has 0 atom stereocenters. The molecule has 0 saturated carbocycles. The lowest BCUT2D eigenvalue weighted by Crippen LogP contribution is -1.90. The zero-order valence-electron chi connectivity index (χ0n) is 8.26. The van der Waals surface area contributed by atoms with E-state index in [1.807, 2.05) is 18.2 Å². The minimum atomic E-state index is 0.232. The number of nitrogens with zero attached hydrogens (tertiary/aromatic N) is 1. The van der Waals surface area contributed by atoms with Crippen LogP contribution >= 0.6 is 11.6 Å². The Morgan fingerprint density at radius 2 is 1.94 bits per heavy atom. The van der Waals surface area contributed by atoms with E-state index in [1.54, 1.807) is 12.1 Å². The molecule has 0 aliphatic heterocycles. The third-order valence-corrected chi connectivity index (χ3v) is 2.09. The summed E-state index contributed by atoms with van der Waals surface area (Å²) in [6, 6.07) is 12.2. The van der Waals surface area contributed by atoms with Crippen molar-refractivity contribution in [2.24, 2.45) is 0 Å². The highest BCUT2D eigenvalue weighted by Gasteiger charge is 2.02. The van der Waals surface area contributed by atoms with Crippen molar-refractivity contribution in [1.82, 2.24) is 4.98 Å². The Morgan fingerprint density at radius 1 is 1.19 bits per heavy atom. The molecule has 0 amide bonds. The van der Waals surface area contributed by atoms with Crippen molar-refractivity contribution in [3.8, 4) is 11.6 Å². The Labute approximate surface area is 97.7 Å². The first-order valence-electron chi connectivity index (χ1n) is 4.63. The second-order valence-electron chi connectivity index (χ2n) is 3.09. The summed E-state index contributed by atoms with van der Waals surface area (Å²) in [6.07, 6.45) is 0.700. The quantitative estimate of drug-likeness (QED) is 0.603. The van der Waals surface area contributed by atoms with E-state index in [-0.39, 0.29) is 5.15 Å². The van der Waals surface area contributed by atoms with Crippen molar-refractivity contribution in [3.05, 3.63) is 53.2 Å². The molecule has 3 nitrogen and oxygen atoms in total. The van der Waals surface area contributed by atoms with Crippen molar-refractivity contribution >= 4 is 17.9 Å². The van der Waals surface area contributed by atoms with E-state index in [4.69, 9.17) is 16.3 Å². The van der Waals surface area contributed by atoms with E-state index >= 15 is 0 Å². The van der Waals surface area contributed by atoms with E-state index in [2.05, 4.69) is 4.98 Å². The Morgan fingerprint density at radius 3 is 2.62 bits per heavy atom. The van der Waals surface area contributed by atoms with Crippen LogP contribution in [0, 0.1) is 0 Å². The Bertz CT molecular complexity index is 500. The molecule has 1 aromatic carbocycles. The van der Waals surface area contributed by atoms with Crippen LogP contribution in [0.25, 0.3) is 0 Å². The van der Waals surface area contributed by atoms with Gasteiger partial charge in [0.25, 0.3) is 0 Å². The summed E-state index contributed by atoms with van der Waals surface area (Å²) in [5.74, 6) is 0.954. The predicted octanol–water partition coefficient (Wildman–Crippen LogP) is 3.34. The molecule has 1 aromatic heterocycles. The van der Waals surface area contributed by atoms with Crippen LogP contribution in [0.1, 0.15) is 10.4 Å². The van der Waals surface area contributed by atoms with Gasteiger partial charge in [0, 0.05) is 11.6 Å². The average molecular weight is 234 g/mol. The molecule has 0 unspecified atom stereocenters. The highest BCUT2D eigenvalue weighted by Crippen LogP contribution is 2.21. The topological polar surface area (TPSA) is 39.2 Å². The SMILES string of the molecule is O=Cc1cc(Cl)nc(Oc2ccccc2)c1. The number of carbonyl (C=O) groups excluding carboxylic acids is 1. The van der Waals surface area contributed by atoms with Crippen LogP contribution in [-0.4, -0.2) is 11.3 Å². The Hall–Kier alpha value is -1.87. The third kappa shape index (κ3) is 2.58. The van der Waals surface area contributed by atoms with E-state index < -0.39 is 0 Å². The molecular weight excluding hydrogens is 226 g/mol. The number of aldehydes is 1. The van der Waals surface area contributed by atoms with Gasteiger partial charge < -0.3 is 4.74 Å². The minimum Gasteiger partial charge on any atom is -0.439 e. The van der Waals surface area contributed by atoms with Gasteiger partial charge in [-0.3, -0.25) is 4.79 Å². The van der Waals surface area contributed by atoms with E-state index in [0.29, 0.717) is 23.5 Å². The molecule has 0 radical (unpaired) electrons. The molecule has 2 rings (SSSR count). The summed E-state index contributed by atoms with van der Waals surface area (Å²) in [5, 5.41) is 0.232. The number of carbonyl (C=O) groups is 1. The molecule has 80 valence electrons. The molecule has 0 aliphatic rings. The zero-order chi connectivity index (χ0) is 11.4. The molecule has 0 aliphatic carbocycles. The Kier molecular flexibility index (Phi) is 3.17. The highest BCUT2D eigenvalue weighted by atomic mass is 35.5. The van der Waals surface area contributed by atoms with Crippen molar-refractivity contribution in [2.45, 2.75) is 0 Å². The summed E-state index contributed by atoms with van der Waals surface area (Å²) in [5.41, 5.74) is 0.436. The molecule has 0 spiro atoms. The number of hydrogen-bond donors (Lipinski definition) is 0. The maximum Gasteiger partial charge on any atom is 0.221 e. The van der Waals surface area contributed by atoms with Gasteiger partial charge in [-0.2, -0.15) is 0 Å². The van der Waals surface area contributed by atoms with E-state index in [9.17, 15) is 4.79 Å². The smallest absolute Gasteiger partial charge is 0.221 e. The first-order valence-corrected chi connectivity index (χ1v) is 5.01. The van der Waals surface area contributed by atoms with Gasteiger partial charge in [-0.25, -0.2) is 4.98 Å². The number of aromatic nitrogens is 1. The van der Waals surface area contributed by atoms with Crippen LogP contribution < -0.4 is 4.74 Å². The van der Waals surface area contributed by atoms with Crippen LogP contribution in [0.5, 0.6) is 11.6 Å². The number of halogens is 1. The lowest BCUT2D eigenvalue weighted by atomic mass is 10.3. The summed E-state index contributed by atoms with van der Waals surface area (Å²) in [6.45, 7) is 0. The monoisotopic (exact) mass is 233 g/mol. The maximum atomic E-state index is 10.6. The fraction of sp³-hybridized carbons (Fsp3) is 0. The second kappa shape index (κ2) is 4.77. The summed E-state index contributed by atoms with van der Waals surface area (Å²) in [7, 11) is 0. The molecule has 0 saturated heterocycles. The maximum absolute atomic E-state index is 10.6. The lowest BCUT2D eigenvalue weighted by molar-refractivity contribution is 0.112. The third-order valence-electron chi connectivity index (χ3n) is 1.89. The van der Waals surface area contributed by atoms with Crippen LogP contribution in [0.2, 0.25) is 5.15 Å². The van der Waals surface area contributed by atoms with Gasteiger partial charge >= 0.3 is 0 Å². The molecule has 16 heavy (non-hydrogen) atoms. The van der Waals surface area contributed by atoms with Gasteiger partial charge in [0.05, 0.1) is 0 Å². The molecule has 0 N–H and O–H groups in total. The van der Waals surface area contributed by atoms with Crippen molar-refractivity contribution < 1.29 is 9.53 Å². The van der Waals surface area contributed by atoms with Gasteiger partial charge in [0.2, 0.25) is 5.88 Å². The number of benzene rings is 1. The fourth-order valence-corrected chi connectivity index (χ4v) is 1.43. The summed E-state index contributed by atoms with van der Waals surface area (Å²) >= 11 is 5.74. The van der Waals surface area contributed by atoms with Gasteiger partial charge in [-0.05, 0) is 18.2 Å². The van der Waals surface area contributed by atoms with Gasteiger partial charge in [-0.1, -0.05) is 29.8 Å². The number of para-hydroxylation sites is 1. The fourth-order valence-electron chi connectivity index (χ4n) is 1.22. The van der Waals surface area contributed by atoms with Crippen LogP contribution in [0.4, 0.5) is 0 Å². The average Bonchev–Trinajstić information content (AvgIpc) is 2.29.